The molecule has 1 heterocycles. The highest BCUT2D eigenvalue weighted by molar-refractivity contribution is 6.01. The Morgan fingerprint density at radius 2 is 2.00 bits per heavy atom. The zero-order valence-electron chi connectivity index (χ0n) is 12.5. The lowest BCUT2D eigenvalue weighted by Crippen LogP contribution is -2.31. The predicted octanol–water partition coefficient (Wildman–Crippen LogP) is 3.76. The number of rotatable bonds is 4. The highest BCUT2D eigenvalue weighted by Gasteiger charge is 2.43. The highest BCUT2D eigenvalue weighted by atomic mass is 16.4. The summed E-state index contributed by atoms with van der Waals surface area (Å²) in [6.45, 7) is 4.46. The van der Waals surface area contributed by atoms with E-state index in [1.54, 1.807) is 12.1 Å². The van der Waals surface area contributed by atoms with E-state index in [9.17, 15) is 9.90 Å². The number of benzene rings is 1. The quantitative estimate of drug-likeness (QED) is 0.930. The van der Waals surface area contributed by atoms with Crippen LogP contribution in [0.3, 0.4) is 0 Å². The van der Waals surface area contributed by atoms with Gasteiger partial charge in [0.15, 0.2) is 0 Å². The number of para-hydroxylation sites is 1. The smallest absolute Gasteiger partial charge is 0.337 e. The van der Waals surface area contributed by atoms with E-state index < -0.39 is 5.97 Å². The highest BCUT2D eigenvalue weighted by Crippen LogP contribution is 2.49. The number of nitrogens with zero attached hydrogens (tertiary/aromatic N) is 2. The van der Waals surface area contributed by atoms with Gasteiger partial charge in [0.1, 0.15) is 5.82 Å². The van der Waals surface area contributed by atoms with Crippen molar-refractivity contribution >= 4 is 17.0 Å². The molecule has 0 aliphatic heterocycles. The number of hydrogen-bond acceptors (Lipinski definition) is 2. The zero-order chi connectivity index (χ0) is 14.8. The van der Waals surface area contributed by atoms with Crippen molar-refractivity contribution in [2.45, 2.75) is 51.0 Å². The molecule has 1 aromatic carbocycles. The van der Waals surface area contributed by atoms with Crippen molar-refractivity contribution in [3.8, 4) is 0 Å². The van der Waals surface area contributed by atoms with Gasteiger partial charge in [0.2, 0.25) is 0 Å². The van der Waals surface area contributed by atoms with E-state index in [-0.39, 0.29) is 5.54 Å². The molecule has 2 saturated carbocycles. The molecule has 4 heteroatoms. The van der Waals surface area contributed by atoms with Crippen LogP contribution in [0.2, 0.25) is 0 Å². The van der Waals surface area contributed by atoms with Gasteiger partial charge in [0.25, 0.3) is 0 Å². The van der Waals surface area contributed by atoms with Crippen molar-refractivity contribution in [1.29, 1.82) is 0 Å². The van der Waals surface area contributed by atoms with Gasteiger partial charge in [-0.3, -0.25) is 0 Å². The van der Waals surface area contributed by atoms with Gasteiger partial charge in [0.05, 0.1) is 16.6 Å². The Morgan fingerprint density at radius 3 is 2.57 bits per heavy atom. The van der Waals surface area contributed by atoms with E-state index in [4.69, 9.17) is 4.98 Å². The SMILES string of the molecule is CC(C)(C1CC1)n1c(C2CC2)nc2cccc(C(=O)O)c21. The summed E-state index contributed by atoms with van der Waals surface area (Å²) in [6.07, 6.45) is 4.80. The Hall–Kier alpha value is -1.84. The number of hydrogen-bond donors (Lipinski definition) is 1. The average Bonchev–Trinajstić information content (AvgIpc) is 3.32. The van der Waals surface area contributed by atoms with E-state index in [2.05, 4.69) is 18.4 Å². The van der Waals surface area contributed by atoms with Gasteiger partial charge in [-0.05, 0) is 57.6 Å². The van der Waals surface area contributed by atoms with Crippen LogP contribution in [-0.2, 0) is 5.54 Å². The van der Waals surface area contributed by atoms with E-state index >= 15 is 0 Å². The van der Waals surface area contributed by atoms with Crippen LogP contribution in [0.25, 0.3) is 11.0 Å². The van der Waals surface area contributed by atoms with Crippen molar-refractivity contribution in [1.82, 2.24) is 9.55 Å². The monoisotopic (exact) mass is 284 g/mol. The fraction of sp³-hybridized carbons (Fsp3) is 0.529. The maximum Gasteiger partial charge on any atom is 0.337 e. The number of aromatic nitrogens is 2. The lowest BCUT2D eigenvalue weighted by Gasteiger charge is -2.30. The van der Waals surface area contributed by atoms with Crippen LogP contribution in [0, 0.1) is 5.92 Å². The predicted molar refractivity (Wildman–Crippen MR) is 80.7 cm³/mol. The van der Waals surface area contributed by atoms with Crippen LogP contribution in [-0.4, -0.2) is 20.6 Å². The second-order valence-corrected chi connectivity index (χ2v) is 6.99. The summed E-state index contributed by atoms with van der Waals surface area (Å²) in [5.74, 6) is 1.37. The van der Waals surface area contributed by atoms with Gasteiger partial charge in [-0.15, -0.1) is 0 Å². The van der Waals surface area contributed by atoms with Crippen LogP contribution in [0.5, 0.6) is 0 Å². The Labute approximate surface area is 123 Å². The Kier molecular flexibility index (Phi) is 2.51. The van der Waals surface area contributed by atoms with Crippen LogP contribution in [0.1, 0.15) is 61.6 Å². The van der Waals surface area contributed by atoms with E-state index in [1.165, 1.54) is 25.7 Å². The molecule has 0 amide bonds. The minimum atomic E-state index is -0.865. The Balaban J connectivity index is 2.04. The standard InChI is InChI=1S/C17H20N2O2/c1-17(2,11-8-9-11)19-14-12(16(20)21)4-3-5-13(14)18-15(19)10-6-7-10/h3-5,10-11H,6-9H2,1-2H3,(H,20,21). The summed E-state index contributed by atoms with van der Waals surface area (Å²) in [4.78, 5) is 16.4. The van der Waals surface area contributed by atoms with Crippen LogP contribution < -0.4 is 0 Å². The van der Waals surface area contributed by atoms with Gasteiger partial charge in [-0.1, -0.05) is 6.07 Å². The molecule has 2 aromatic rings. The van der Waals surface area contributed by atoms with Gasteiger partial charge in [-0.25, -0.2) is 9.78 Å². The second kappa shape index (κ2) is 4.09. The third-order valence-corrected chi connectivity index (χ3v) is 5.03. The maximum atomic E-state index is 11.6. The summed E-state index contributed by atoms with van der Waals surface area (Å²) in [6, 6.07) is 5.43. The van der Waals surface area contributed by atoms with Crippen LogP contribution in [0.4, 0.5) is 0 Å². The molecule has 2 aliphatic rings. The molecular weight excluding hydrogens is 264 g/mol. The molecule has 4 nitrogen and oxygen atoms in total. The van der Waals surface area contributed by atoms with Gasteiger partial charge in [-0.2, -0.15) is 0 Å². The summed E-state index contributed by atoms with van der Waals surface area (Å²) in [7, 11) is 0. The van der Waals surface area contributed by atoms with Crippen molar-refractivity contribution < 1.29 is 9.90 Å². The first-order chi connectivity index (χ1) is 10.00. The molecular formula is C17H20N2O2. The number of fused-ring (bicyclic) bond motifs is 1. The van der Waals surface area contributed by atoms with Crippen molar-refractivity contribution in [3.63, 3.8) is 0 Å². The van der Waals surface area contributed by atoms with Crippen LogP contribution in [0.15, 0.2) is 18.2 Å². The molecule has 110 valence electrons. The first-order valence-electron chi connectivity index (χ1n) is 7.75. The molecule has 0 atom stereocenters. The lowest BCUT2D eigenvalue weighted by molar-refractivity contribution is 0.0698. The van der Waals surface area contributed by atoms with Gasteiger partial charge in [0, 0.05) is 11.5 Å². The normalized spacial score (nSPS) is 19.1. The third kappa shape index (κ3) is 1.88. The molecule has 2 fully saturated rings. The fourth-order valence-electron chi connectivity index (χ4n) is 3.49. The Bertz CT molecular complexity index is 737. The number of carboxylic acids is 1. The van der Waals surface area contributed by atoms with E-state index in [0.717, 1.165) is 16.9 Å². The first-order valence-corrected chi connectivity index (χ1v) is 7.75. The minimum Gasteiger partial charge on any atom is -0.478 e. The molecule has 0 unspecified atom stereocenters. The average molecular weight is 284 g/mol. The summed E-state index contributed by atoms with van der Waals surface area (Å²) < 4.78 is 2.25. The van der Waals surface area contributed by atoms with Crippen molar-refractivity contribution in [3.05, 3.63) is 29.6 Å². The third-order valence-electron chi connectivity index (χ3n) is 5.03. The van der Waals surface area contributed by atoms with E-state index in [0.29, 0.717) is 17.4 Å². The number of imidazole rings is 1. The Morgan fingerprint density at radius 1 is 1.29 bits per heavy atom. The molecule has 1 N–H and O–H groups in total. The largest absolute Gasteiger partial charge is 0.478 e. The van der Waals surface area contributed by atoms with Gasteiger partial charge < -0.3 is 9.67 Å². The summed E-state index contributed by atoms with van der Waals surface area (Å²) in [5, 5.41) is 9.55. The van der Waals surface area contributed by atoms with Gasteiger partial charge >= 0.3 is 5.97 Å². The first kappa shape index (κ1) is 12.9. The van der Waals surface area contributed by atoms with Crippen molar-refractivity contribution in [2.24, 2.45) is 5.92 Å². The topological polar surface area (TPSA) is 55.1 Å². The number of aromatic carboxylic acids is 1. The molecule has 0 bridgehead atoms. The van der Waals surface area contributed by atoms with Crippen LogP contribution >= 0.6 is 0 Å². The van der Waals surface area contributed by atoms with E-state index in [1.807, 2.05) is 6.07 Å². The molecule has 0 radical (unpaired) electrons. The molecule has 4 rings (SSSR count). The lowest BCUT2D eigenvalue weighted by atomic mass is 9.97. The molecule has 0 spiro atoms. The number of carboxylic acid groups (broad SMARTS) is 1. The molecule has 21 heavy (non-hydrogen) atoms. The molecule has 1 aromatic heterocycles. The zero-order valence-corrected chi connectivity index (χ0v) is 12.5. The van der Waals surface area contributed by atoms with Crippen molar-refractivity contribution in [2.75, 3.05) is 0 Å². The molecule has 2 aliphatic carbocycles. The maximum absolute atomic E-state index is 11.6. The minimum absolute atomic E-state index is 0.0573. The number of carbonyl (C=O) groups is 1. The second-order valence-electron chi connectivity index (χ2n) is 6.99. The fourth-order valence-corrected chi connectivity index (χ4v) is 3.49. The molecule has 0 saturated heterocycles. The summed E-state index contributed by atoms with van der Waals surface area (Å²) in [5.41, 5.74) is 1.95. The summed E-state index contributed by atoms with van der Waals surface area (Å²) >= 11 is 0.